The lowest BCUT2D eigenvalue weighted by Gasteiger charge is -2.37. The number of likely N-dealkylation sites (N-methyl/N-ethyl adjacent to an activating group) is 1. The Morgan fingerprint density at radius 2 is 1.73 bits per heavy atom. The standard InChI is InChI=1S/C32H45N3O5/c1-7-18-33(6)28(37)24-25-29(38)35(20-11-9-10-12-21-36)27(32(25)17-16-31(24,5)40-32)30(39)34(19-8-2)26-22(3)14-13-15-23(26)4/h7-8,13-15,24-25,27,36H,1-2,9-12,16-21H2,3-6H3/t24-,25+,27?,31+,32?/m1/s1. The number of hydrogen-bond acceptors (Lipinski definition) is 5. The van der Waals surface area contributed by atoms with Gasteiger partial charge in [0.1, 0.15) is 11.6 Å². The van der Waals surface area contributed by atoms with E-state index in [0.29, 0.717) is 45.3 Å². The molecular formula is C32H45N3O5. The third kappa shape index (κ3) is 4.90. The van der Waals surface area contributed by atoms with E-state index in [-0.39, 0.29) is 24.3 Å². The first-order chi connectivity index (χ1) is 19.1. The van der Waals surface area contributed by atoms with Crippen LogP contribution >= 0.6 is 0 Å². The molecule has 1 N–H and O–H groups in total. The Kier molecular flexibility index (Phi) is 8.90. The number of nitrogens with zero attached hydrogens (tertiary/aromatic N) is 3. The van der Waals surface area contributed by atoms with E-state index in [1.165, 1.54) is 0 Å². The van der Waals surface area contributed by atoms with Crippen molar-refractivity contribution < 1.29 is 24.2 Å². The van der Waals surface area contributed by atoms with E-state index in [1.807, 2.05) is 39.0 Å². The number of aryl methyl sites for hydroxylation is 2. The molecule has 8 nitrogen and oxygen atoms in total. The normalized spacial score (nSPS) is 28.5. The number of fused-ring (bicyclic) bond motifs is 1. The Labute approximate surface area is 238 Å². The maximum absolute atomic E-state index is 14.7. The van der Waals surface area contributed by atoms with Gasteiger partial charge >= 0.3 is 0 Å². The average molecular weight is 552 g/mol. The van der Waals surface area contributed by atoms with Gasteiger partial charge in [-0.05, 0) is 57.6 Å². The zero-order valence-corrected chi connectivity index (χ0v) is 24.5. The largest absolute Gasteiger partial charge is 0.396 e. The number of rotatable bonds is 13. The number of aliphatic hydroxyl groups excluding tert-OH is 1. The third-order valence-electron chi connectivity index (χ3n) is 9.15. The van der Waals surface area contributed by atoms with E-state index in [1.54, 1.807) is 33.9 Å². The van der Waals surface area contributed by atoms with Crippen LogP contribution in [0.25, 0.3) is 0 Å². The van der Waals surface area contributed by atoms with Gasteiger partial charge in [0.2, 0.25) is 11.8 Å². The fraction of sp³-hybridized carbons (Fsp3) is 0.594. The lowest BCUT2D eigenvalue weighted by Crippen LogP contribution is -2.57. The van der Waals surface area contributed by atoms with Crippen molar-refractivity contribution in [2.24, 2.45) is 11.8 Å². The second kappa shape index (κ2) is 11.9. The molecule has 1 spiro atoms. The summed E-state index contributed by atoms with van der Waals surface area (Å²) in [4.78, 5) is 47.9. The first-order valence-electron chi connectivity index (χ1n) is 14.5. The average Bonchev–Trinajstić information content (AvgIpc) is 3.48. The molecule has 218 valence electrons. The van der Waals surface area contributed by atoms with Gasteiger partial charge in [0.05, 0.1) is 17.4 Å². The number of benzene rings is 1. The SMILES string of the molecule is C=CCN(C)C(=O)[C@H]1[C@H]2C(=O)N(CCCCCCO)C(C(=O)N(CC=C)c3c(C)cccc3C)C23CC[C@]1(C)O3. The van der Waals surface area contributed by atoms with Gasteiger partial charge in [-0.3, -0.25) is 14.4 Å². The van der Waals surface area contributed by atoms with Gasteiger partial charge in [-0.15, -0.1) is 13.2 Å². The fourth-order valence-electron chi connectivity index (χ4n) is 7.39. The monoisotopic (exact) mass is 551 g/mol. The molecule has 1 aromatic carbocycles. The van der Waals surface area contributed by atoms with Crippen molar-refractivity contribution in [3.63, 3.8) is 0 Å². The van der Waals surface area contributed by atoms with Crippen LogP contribution in [-0.2, 0) is 19.1 Å². The number of unbranched alkanes of at least 4 members (excludes halogenated alkanes) is 3. The molecule has 3 fully saturated rings. The van der Waals surface area contributed by atoms with E-state index in [0.717, 1.165) is 29.7 Å². The van der Waals surface area contributed by atoms with Gasteiger partial charge in [0.25, 0.3) is 5.91 Å². The van der Waals surface area contributed by atoms with Crippen LogP contribution in [0.2, 0.25) is 0 Å². The molecule has 0 aromatic heterocycles. The Balaban J connectivity index is 1.78. The van der Waals surface area contributed by atoms with E-state index in [9.17, 15) is 19.5 Å². The molecule has 3 heterocycles. The van der Waals surface area contributed by atoms with Crippen LogP contribution in [-0.4, -0.2) is 83.2 Å². The van der Waals surface area contributed by atoms with Gasteiger partial charge in [0, 0.05) is 39.0 Å². The molecule has 4 rings (SSSR count). The summed E-state index contributed by atoms with van der Waals surface area (Å²) in [6.45, 7) is 14.8. The molecule has 2 bridgehead atoms. The molecule has 0 radical (unpaired) electrons. The van der Waals surface area contributed by atoms with Crippen molar-refractivity contribution >= 4 is 23.4 Å². The number of ether oxygens (including phenoxy) is 1. The van der Waals surface area contributed by atoms with Gasteiger partial charge in [-0.2, -0.15) is 0 Å². The zero-order valence-electron chi connectivity index (χ0n) is 24.5. The molecule has 8 heteroatoms. The number of carbonyl (C=O) groups is 3. The Hall–Kier alpha value is -2.97. The van der Waals surface area contributed by atoms with Crippen LogP contribution in [0.15, 0.2) is 43.5 Å². The highest BCUT2D eigenvalue weighted by Crippen LogP contribution is 2.63. The maximum Gasteiger partial charge on any atom is 0.253 e. The van der Waals surface area contributed by atoms with Gasteiger partial charge in [-0.25, -0.2) is 0 Å². The maximum atomic E-state index is 14.7. The van der Waals surface area contributed by atoms with Crippen molar-refractivity contribution in [1.29, 1.82) is 0 Å². The molecule has 2 unspecified atom stereocenters. The summed E-state index contributed by atoms with van der Waals surface area (Å²) in [7, 11) is 1.72. The lowest BCUT2D eigenvalue weighted by atomic mass is 9.66. The van der Waals surface area contributed by atoms with Crippen LogP contribution < -0.4 is 4.90 Å². The van der Waals surface area contributed by atoms with E-state index < -0.39 is 29.1 Å². The molecule has 1 aromatic rings. The van der Waals surface area contributed by atoms with Crippen LogP contribution in [0.4, 0.5) is 5.69 Å². The lowest BCUT2D eigenvalue weighted by molar-refractivity contribution is -0.149. The number of amides is 3. The van der Waals surface area contributed by atoms with Crippen LogP contribution in [0.5, 0.6) is 0 Å². The number of carbonyl (C=O) groups excluding carboxylic acids is 3. The summed E-state index contributed by atoms with van der Waals surface area (Å²) in [5.41, 5.74) is 0.859. The van der Waals surface area contributed by atoms with Crippen molar-refractivity contribution in [1.82, 2.24) is 9.80 Å². The highest BCUT2D eigenvalue weighted by molar-refractivity contribution is 6.05. The molecule has 3 saturated heterocycles. The Morgan fingerprint density at radius 1 is 1.07 bits per heavy atom. The van der Waals surface area contributed by atoms with Crippen molar-refractivity contribution in [2.45, 2.75) is 76.5 Å². The Morgan fingerprint density at radius 3 is 2.35 bits per heavy atom. The number of hydrogen-bond donors (Lipinski definition) is 1. The van der Waals surface area contributed by atoms with E-state index >= 15 is 0 Å². The fourth-order valence-corrected chi connectivity index (χ4v) is 7.39. The molecule has 3 aliphatic heterocycles. The second-order valence-electron chi connectivity index (χ2n) is 11.9. The minimum absolute atomic E-state index is 0.135. The Bertz CT molecular complexity index is 1150. The van der Waals surface area contributed by atoms with E-state index in [4.69, 9.17) is 4.74 Å². The minimum Gasteiger partial charge on any atom is -0.396 e. The highest BCUT2D eigenvalue weighted by Gasteiger charge is 2.78. The molecule has 3 aliphatic rings. The van der Waals surface area contributed by atoms with Crippen LogP contribution in [0.1, 0.15) is 56.6 Å². The van der Waals surface area contributed by atoms with Crippen molar-refractivity contribution in [3.05, 3.63) is 54.6 Å². The van der Waals surface area contributed by atoms with Gasteiger partial charge in [-0.1, -0.05) is 43.2 Å². The summed E-state index contributed by atoms with van der Waals surface area (Å²) < 4.78 is 6.80. The summed E-state index contributed by atoms with van der Waals surface area (Å²) in [5.74, 6) is -1.90. The molecule has 3 amide bonds. The number of anilines is 1. The quantitative estimate of drug-likeness (QED) is 0.298. The topological polar surface area (TPSA) is 90.4 Å². The first-order valence-corrected chi connectivity index (χ1v) is 14.5. The zero-order chi connectivity index (χ0) is 29.2. The van der Waals surface area contributed by atoms with Crippen molar-refractivity contribution in [2.75, 3.05) is 38.2 Å². The molecule has 5 atom stereocenters. The predicted octanol–water partition coefficient (Wildman–Crippen LogP) is 3.78. The van der Waals surface area contributed by atoms with Crippen molar-refractivity contribution in [3.8, 4) is 0 Å². The summed E-state index contributed by atoms with van der Waals surface area (Å²) in [6.07, 6.45) is 7.61. The summed E-state index contributed by atoms with van der Waals surface area (Å²) in [5, 5.41) is 9.19. The summed E-state index contributed by atoms with van der Waals surface area (Å²) >= 11 is 0. The van der Waals surface area contributed by atoms with Crippen LogP contribution in [0, 0.1) is 25.7 Å². The number of aliphatic hydroxyl groups is 1. The van der Waals surface area contributed by atoms with Crippen LogP contribution in [0.3, 0.4) is 0 Å². The van der Waals surface area contributed by atoms with Gasteiger partial charge in [0.15, 0.2) is 0 Å². The predicted molar refractivity (Wildman–Crippen MR) is 156 cm³/mol. The highest BCUT2D eigenvalue weighted by atomic mass is 16.5. The first kappa shape index (κ1) is 30.0. The molecule has 40 heavy (non-hydrogen) atoms. The number of likely N-dealkylation sites (tertiary alicyclic amines) is 1. The van der Waals surface area contributed by atoms with Gasteiger partial charge < -0.3 is 24.5 Å². The molecular weight excluding hydrogens is 506 g/mol. The third-order valence-corrected chi connectivity index (χ3v) is 9.15. The second-order valence-corrected chi connectivity index (χ2v) is 11.9. The summed E-state index contributed by atoms with van der Waals surface area (Å²) in [6, 6.07) is 5.09. The smallest absolute Gasteiger partial charge is 0.253 e. The minimum atomic E-state index is -1.07. The number of para-hydroxylation sites is 1. The molecule has 0 aliphatic carbocycles. The van der Waals surface area contributed by atoms with E-state index in [2.05, 4.69) is 13.2 Å². The molecule has 0 saturated carbocycles.